The number of alkyl halides is 6. The molecule has 3 heterocycles. The van der Waals surface area contributed by atoms with Gasteiger partial charge in [-0.25, -0.2) is 4.98 Å². The van der Waals surface area contributed by atoms with Crippen molar-refractivity contribution in [3.05, 3.63) is 47.9 Å². The number of hydrogen-bond acceptors (Lipinski definition) is 10. The second-order valence-electron chi connectivity index (χ2n) is 7.93. The van der Waals surface area contributed by atoms with E-state index < -0.39 is 46.0 Å². The van der Waals surface area contributed by atoms with Crippen molar-refractivity contribution in [1.29, 1.82) is 0 Å². The van der Waals surface area contributed by atoms with E-state index in [1.165, 1.54) is 19.1 Å². The van der Waals surface area contributed by atoms with E-state index in [1.54, 1.807) is 6.92 Å². The predicted molar refractivity (Wildman–Crippen MR) is 124 cm³/mol. The largest absolute Gasteiger partial charge is 0.433 e. The molecule has 17 heteroatoms. The topological polar surface area (TPSA) is 132 Å². The van der Waals surface area contributed by atoms with Gasteiger partial charge in [0.05, 0.1) is 18.4 Å². The molecule has 0 saturated heterocycles. The second-order valence-corrected chi connectivity index (χ2v) is 9.53. The van der Waals surface area contributed by atoms with E-state index in [-0.39, 0.29) is 29.1 Å². The van der Waals surface area contributed by atoms with E-state index in [1.807, 2.05) is 0 Å². The first kappa shape index (κ1) is 29.0. The normalized spacial score (nSPS) is 14.1. The summed E-state index contributed by atoms with van der Waals surface area (Å²) < 4.78 is 107. The van der Waals surface area contributed by atoms with Gasteiger partial charge in [-0.15, -0.1) is 0 Å². The Morgan fingerprint density at radius 1 is 0.947 bits per heavy atom. The molecule has 2 N–H and O–H groups in total. The van der Waals surface area contributed by atoms with Crippen molar-refractivity contribution in [2.75, 3.05) is 16.9 Å². The van der Waals surface area contributed by atoms with Gasteiger partial charge in [-0.1, -0.05) is 13.0 Å². The third-order valence-electron chi connectivity index (χ3n) is 4.86. The van der Waals surface area contributed by atoms with Crippen LogP contribution in [0.1, 0.15) is 31.7 Å². The van der Waals surface area contributed by atoms with Crippen LogP contribution >= 0.6 is 0 Å². The van der Waals surface area contributed by atoms with Crippen LogP contribution in [0.3, 0.4) is 0 Å². The summed E-state index contributed by atoms with van der Waals surface area (Å²) >= 11 is 0. The van der Waals surface area contributed by atoms with Crippen LogP contribution in [-0.2, 0) is 26.7 Å². The fourth-order valence-corrected chi connectivity index (χ4v) is 3.87. The van der Waals surface area contributed by atoms with E-state index in [0.717, 1.165) is 24.6 Å². The number of rotatable bonds is 9. The van der Waals surface area contributed by atoms with Gasteiger partial charge in [0, 0.05) is 11.9 Å². The molecule has 206 valence electrons. The molecule has 0 spiro atoms. The molecule has 3 rings (SSSR count). The molecule has 0 saturated carbocycles. The lowest BCUT2D eigenvalue weighted by atomic mass is 10.1. The van der Waals surface area contributed by atoms with Gasteiger partial charge < -0.3 is 10.6 Å². The molecule has 3 aromatic rings. The molecule has 0 aliphatic carbocycles. The maximum atomic E-state index is 13.2. The van der Waals surface area contributed by atoms with Crippen LogP contribution in [-0.4, -0.2) is 51.7 Å². The lowest BCUT2D eigenvalue weighted by Crippen LogP contribution is -2.35. The van der Waals surface area contributed by atoms with Crippen LogP contribution in [0.25, 0.3) is 11.5 Å². The zero-order chi connectivity index (χ0) is 28.3. The summed E-state index contributed by atoms with van der Waals surface area (Å²) in [6, 6.07) is 4.24. The smallest absolute Gasteiger partial charge is 0.349 e. The average molecular weight is 566 g/mol. The van der Waals surface area contributed by atoms with Gasteiger partial charge in [-0.2, -0.15) is 49.7 Å². The van der Waals surface area contributed by atoms with Crippen molar-refractivity contribution in [2.45, 2.75) is 44.8 Å². The highest BCUT2D eigenvalue weighted by Gasteiger charge is 2.33. The summed E-state index contributed by atoms with van der Waals surface area (Å²) in [5, 5.41) is 5.39. The number of hydrogen-bond donors (Lipinski definition) is 2. The SMILES string of the molecule is CCC(Nc1nc(Nc2ccnc(C(F)(F)F)c2)nc(-c2cccc(C(F)(F)F)n2)n1)C(C)OS(C)(=O)=O. The van der Waals surface area contributed by atoms with E-state index in [0.29, 0.717) is 12.5 Å². The average Bonchev–Trinajstić information content (AvgIpc) is 2.80. The van der Waals surface area contributed by atoms with Gasteiger partial charge in [0.1, 0.15) is 17.1 Å². The molecule has 2 unspecified atom stereocenters. The fourth-order valence-electron chi connectivity index (χ4n) is 3.18. The Bertz CT molecular complexity index is 1390. The number of pyridine rings is 2. The molecule has 0 aromatic carbocycles. The van der Waals surface area contributed by atoms with Crippen molar-refractivity contribution in [2.24, 2.45) is 0 Å². The molecule has 0 fully saturated rings. The molecule has 3 aromatic heterocycles. The quantitative estimate of drug-likeness (QED) is 0.279. The Balaban J connectivity index is 2.05. The molecule has 0 radical (unpaired) electrons. The molecule has 0 amide bonds. The minimum atomic E-state index is -4.76. The minimum Gasteiger partial charge on any atom is -0.349 e. The summed E-state index contributed by atoms with van der Waals surface area (Å²) in [6.45, 7) is 3.17. The third kappa shape index (κ3) is 7.95. The van der Waals surface area contributed by atoms with Crippen LogP contribution in [0.5, 0.6) is 0 Å². The molecule has 38 heavy (non-hydrogen) atoms. The van der Waals surface area contributed by atoms with E-state index in [9.17, 15) is 34.8 Å². The van der Waals surface area contributed by atoms with Crippen LogP contribution in [0.15, 0.2) is 36.5 Å². The summed E-state index contributed by atoms with van der Waals surface area (Å²) in [7, 11) is -3.83. The Morgan fingerprint density at radius 3 is 2.21 bits per heavy atom. The van der Waals surface area contributed by atoms with Gasteiger partial charge >= 0.3 is 12.4 Å². The number of nitrogens with one attached hydrogen (secondary N) is 2. The van der Waals surface area contributed by atoms with E-state index in [2.05, 4.69) is 35.6 Å². The molecule has 0 aliphatic rings. The Kier molecular flexibility index (Phi) is 8.40. The number of aromatic nitrogens is 5. The molecule has 0 bridgehead atoms. The summed E-state index contributed by atoms with van der Waals surface area (Å²) in [6.07, 6.45) is -8.34. The van der Waals surface area contributed by atoms with Crippen LogP contribution < -0.4 is 10.6 Å². The van der Waals surface area contributed by atoms with Crippen LogP contribution in [0.4, 0.5) is 43.9 Å². The van der Waals surface area contributed by atoms with Crippen molar-refractivity contribution < 1.29 is 38.9 Å². The first-order valence-corrected chi connectivity index (χ1v) is 12.6. The van der Waals surface area contributed by atoms with Gasteiger partial charge in [0.25, 0.3) is 10.1 Å². The van der Waals surface area contributed by atoms with Gasteiger partial charge in [-0.3, -0.25) is 9.17 Å². The van der Waals surface area contributed by atoms with Crippen molar-refractivity contribution in [1.82, 2.24) is 24.9 Å². The maximum absolute atomic E-state index is 13.2. The highest BCUT2D eigenvalue weighted by atomic mass is 32.2. The minimum absolute atomic E-state index is 0.117. The van der Waals surface area contributed by atoms with Gasteiger partial charge in [0.15, 0.2) is 5.82 Å². The second kappa shape index (κ2) is 11.0. The van der Waals surface area contributed by atoms with Gasteiger partial charge in [-0.05, 0) is 37.6 Å². The lowest BCUT2D eigenvalue weighted by Gasteiger charge is -2.23. The summed E-state index contributed by atoms with van der Waals surface area (Å²) in [5.74, 6) is -0.895. The van der Waals surface area contributed by atoms with Crippen molar-refractivity contribution in [3.63, 3.8) is 0 Å². The Labute approximate surface area is 213 Å². The molecule has 0 aliphatic heterocycles. The van der Waals surface area contributed by atoms with E-state index in [4.69, 9.17) is 4.18 Å². The zero-order valence-electron chi connectivity index (χ0n) is 20.0. The third-order valence-corrected chi connectivity index (χ3v) is 5.51. The molecule has 10 nitrogen and oxygen atoms in total. The standard InChI is InChI=1S/C21H21F6N7O3S/c1-4-13(11(2)37-38(3,35)36)31-19-33-17(14-6-5-7-15(30-14)20(22,23)24)32-18(34-19)29-12-8-9-28-16(10-12)21(25,26)27/h5-11,13H,4H2,1-3H3,(H2,28,29,31,32,33,34). The number of halogens is 6. The number of nitrogens with zero attached hydrogens (tertiary/aromatic N) is 5. The van der Waals surface area contributed by atoms with Crippen molar-refractivity contribution >= 4 is 27.7 Å². The van der Waals surface area contributed by atoms with Gasteiger partial charge in [0.2, 0.25) is 11.9 Å². The fraction of sp³-hybridized carbons (Fsp3) is 0.381. The Hall–Kier alpha value is -3.60. The van der Waals surface area contributed by atoms with Crippen molar-refractivity contribution in [3.8, 4) is 11.5 Å². The Morgan fingerprint density at radius 2 is 1.61 bits per heavy atom. The monoisotopic (exact) mass is 565 g/mol. The maximum Gasteiger partial charge on any atom is 0.433 e. The highest BCUT2D eigenvalue weighted by Crippen LogP contribution is 2.31. The summed E-state index contributed by atoms with van der Waals surface area (Å²) in [5.41, 5.74) is -2.83. The number of anilines is 3. The molecule has 2 atom stereocenters. The summed E-state index contributed by atoms with van der Waals surface area (Å²) in [4.78, 5) is 19.0. The van der Waals surface area contributed by atoms with Crippen LogP contribution in [0, 0.1) is 0 Å². The first-order chi connectivity index (χ1) is 17.5. The highest BCUT2D eigenvalue weighted by molar-refractivity contribution is 7.86. The molecular weight excluding hydrogens is 544 g/mol. The van der Waals surface area contributed by atoms with E-state index >= 15 is 0 Å². The predicted octanol–water partition coefficient (Wildman–Crippen LogP) is 4.67. The zero-order valence-corrected chi connectivity index (χ0v) is 20.8. The first-order valence-electron chi connectivity index (χ1n) is 10.8. The molecular formula is C21H21F6N7O3S. The lowest BCUT2D eigenvalue weighted by molar-refractivity contribution is -0.141. The van der Waals surface area contributed by atoms with Crippen LogP contribution in [0.2, 0.25) is 0 Å².